The van der Waals surface area contributed by atoms with Crippen LogP contribution < -0.4 is 4.74 Å². The molecule has 1 fully saturated rings. The molecule has 0 aliphatic carbocycles. The van der Waals surface area contributed by atoms with Crippen LogP contribution in [0, 0.1) is 6.92 Å². The smallest absolute Gasteiger partial charge is 0.257 e. The van der Waals surface area contributed by atoms with Gasteiger partial charge in [0.05, 0.1) is 31.0 Å². The third kappa shape index (κ3) is 2.78. The van der Waals surface area contributed by atoms with E-state index < -0.39 is 0 Å². The van der Waals surface area contributed by atoms with Gasteiger partial charge in [-0.1, -0.05) is 0 Å². The number of pyridine rings is 1. The lowest BCUT2D eigenvalue weighted by atomic mass is 10.1. The molecule has 0 bridgehead atoms. The van der Waals surface area contributed by atoms with E-state index in [4.69, 9.17) is 4.74 Å². The fraction of sp³-hybridized carbons (Fsp3) is 0.357. The first-order chi connectivity index (χ1) is 10.0. The van der Waals surface area contributed by atoms with Crippen molar-refractivity contribution >= 4 is 21.8 Å². The van der Waals surface area contributed by atoms with E-state index in [-0.39, 0.29) is 12.0 Å². The summed E-state index contributed by atoms with van der Waals surface area (Å²) in [5, 5.41) is 4.01. The fourth-order valence-corrected chi connectivity index (χ4v) is 2.49. The van der Waals surface area contributed by atoms with Gasteiger partial charge in [0.25, 0.3) is 5.91 Å². The molecule has 2 aromatic heterocycles. The Kier molecular flexibility index (Phi) is 3.67. The molecule has 21 heavy (non-hydrogen) atoms. The van der Waals surface area contributed by atoms with Gasteiger partial charge in [-0.05, 0) is 22.9 Å². The van der Waals surface area contributed by atoms with Gasteiger partial charge in [0, 0.05) is 29.5 Å². The number of halogens is 1. The first kappa shape index (κ1) is 14.1. The Bertz CT molecular complexity index is 679. The average molecular weight is 351 g/mol. The van der Waals surface area contributed by atoms with Gasteiger partial charge < -0.3 is 9.64 Å². The normalized spacial score (nSPS) is 14.9. The Morgan fingerprint density at radius 2 is 2.14 bits per heavy atom. The van der Waals surface area contributed by atoms with E-state index in [9.17, 15) is 4.79 Å². The number of hydrogen-bond donors (Lipinski definition) is 0. The van der Waals surface area contributed by atoms with Gasteiger partial charge in [0.1, 0.15) is 11.9 Å². The molecular weight excluding hydrogens is 336 g/mol. The molecule has 1 aliphatic rings. The second-order valence-electron chi connectivity index (χ2n) is 5.10. The Morgan fingerprint density at radius 3 is 2.81 bits per heavy atom. The molecular formula is C14H15BrN4O2. The predicted molar refractivity (Wildman–Crippen MR) is 80.2 cm³/mol. The van der Waals surface area contributed by atoms with E-state index in [2.05, 4.69) is 26.0 Å². The minimum Gasteiger partial charge on any atom is -0.485 e. The number of aromatic nitrogens is 3. The third-order valence-electron chi connectivity index (χ3n) is 3.49. The molecule has 7 heteroatoms. The SMILES string of the molecule is Cc1c(Br)cncc1OC1CN(C(=O)c2cnn(C)c2)C1. The lowest BCUT2D eigenvalue weighted by Gasteiger charge is -2.38. The highest BCUT2D eigenvalue weighted by atomic mass is 79.9. The van der Waals surface area contributed by atoms with Crippen molar-refractivity contribution in [3.05, 3.63) is 40.4 Å². The quantitative estimate of drug-likeness (QED) is 0.846. The van der Waals surface area contributed by atoms with Gasteiger partial charge >= 0.3 is 0 Å². The van der Waals surface area contributed by atoms with Gasteiger partial charge in [-0.25, -0.2) is 0 Å². The summed E-state index contributed by atoms with van der Waals surface area (Å²) in [6.07, 6.45) is 6.76. The van der Waals surface area contributed by atoms with Gasteiger partial charge in [0.2, 0.25) is 0 Å². The van der Waals surface area contributed by atoms with E-state index in [1.165, 1.54) is 0 Å². The van der Waals surface area contributed by atoms with Crippen LogP contribution in [0.1, 0.15) is 15.9 Å². The van der Waals surface area contributed by atoms with E-state index in [1.807, 2.05) is 6.92 Å². The maximum atomic E-state index is 12.2. The van der Waals surface area contributed by atoms with Gasteiger partial charge in [-0.15, -0.1) is 0 Å². The molecule has 1 amide bonds. The van der Waals surface area contributed by atoms with Crippen molar-refractivity contribution in [1.82, 2.24) is 19.7 Å². The van der Waals surface area contributed by atoms with Crippen LogP contribution in [0.4, 0.5) is 0 Å². The van der Waals surface area contributed by atoms with Crippen molar-refractivity contribution in [3.63, 3.8) is 0 Å². The first-order valence-electron chi connectivity index (χ1n) is 6.59. The Morgan fingerprint density at radius 1 is 1.38 bits per heavy atom. The van der Waals surface area contributed by atoms with Crippen molar-refractivity contribution in [1.29, 1.82) is 0 Å². The molecule has 0 saturated carbocycles. The van der Waals surface area contributed by atoms with E-state index >= 15 is 0 Å². The van der Waals surface area contributed by atoms with Crippen molar-refractivity contribution < 1.29 is 9.53 Å². The van der Waals surface area contributed by atoms with Gasteiger partial charge in [-0.2, -0.15) is 5.10 Å². The molecule has 0 radical (unpaired) electrons. The van der Waals surface area contributed by atoms with Crippen LogP contribution in [0.3, 0.4) is 0 Å². The van der Waals surface area contributed by atoms with Crippen molar-refractivity contribution in [2.75, 3.05) is 13.1 Å². The zero-order valence-corrected chi connectivity index (χ0v) is 13.4. The molecule has 0 spiro atoms. The minimum absolute atomic E-state index is 0.00737. The number of likely N-dealkylation sites (tertiary alicyclic amines) is 1. The third-order valence-corrected chi connectivity index (χ3v) is 4.29. The van der Waals surface area contributed by atoms with Crippen molar-refractivity contribution in [2.24, 2.45) is 7.05 Å². The van der Waals surface area contributed by atoms with Gasteiger partial charge in [0.15, 0.2) is 0 Å². The van der Waals surface area contributed by atoms with Crippen LogP contribution in [0.25, 0.3) is 0 Å². The maximum absolute atomic E-state index is 12.2. The zero-order valence-electron chi connectivity index (χ0n) is 11.8. The van der Waals surface area contributed by atoms with E-state index in [1.54, 1.807) is 41.4 Å². The molecule has 2 aromatic rings. The number of aryl methyl sites for hydroxylation is 1. The summed E-state index contributed by atoms with van der Waals surface area (Å²) in [6, 6.07) is 0. The Labute approximate surface area is 130 Å². The van der Waals surface area contributed by atoms with E-state index in [0.717, 1.165) is 15.8 Å². The van der Waals surface area contributed by atoms with Crippen LogP contribution in [0.5, 0.6) is 5.75 Å². The van der Waals surface area contributed by atoms with Crippen LogP contribution in [0.15, 0.2) is 29.3 Å². The highest BCUT2D eigenvalue weighted by Gasteiger charge is 2.33. The lowest BCUT2D eigenvalue weighted by Crippen LogP contribution is -2.56. The first-order valence-corrected chi connectivity index (χ1v) is 7.38. The average Bonchev–Trinajstić information content (AvgIpc) is 2.84. The minimum atomic E-state index is -0.00737. The molecule has 6 nitrogen and oxygen atoms in total. The van der Waals surface area contributed by atoms with Crippen LogP contribution in [0.2, 0.25) is 0 Å². The summed E-state index contributed by atoms with van der Waals surface area (Å²) in [7, 11) is 1.79. The van der Waals surface area contributed by atoms with Crippen LogP contribution >= 0.6 is 15.9 Å². The summed E-state index contributed by atoms with van der Waals surface area (Å²) >= 11 is 3.43. The second kappa shape index (κ2) is 5.48. The van der Waals surface area contributed by atoms with Gasteiger partial charge in [-0.3, -0.25) is 14.5 Å². The second-order valence-corrected chi connectivity index (χ2v) is 5.95. The molecule has 0 aromatic carbocycles. The number of ether oxygens (including phenoxy) is 1. The molecule has 110 valence electrons. The predicted octanol–water partition coefficient (Wildman–Crippen LogP) is 1.79. The van der Waals surface area contributed by atoms with Crippen LogP contribution in [-0.4, -0.2) is 44.8 Å². The maximum Gasteiger partial charge on any atom is 0.257 e. The summed E-state index contributed by atoms with van der Waals surface area (Å²) in [4.78, 5) is 18.0. The Hall–Kier alpha value is -1.89. The molecule has 1 saturated heterocycles. The topological polar surface area (TPSA) is 60.2 Å². The summed E-state index contributed by atoms with van der Waals surface area (Å²) in [5.41, 5.74) is 1.62. The molecule has 3 heterocycles. The van der Waals surface area contributed by atoms with Crippen LogP contribution in [-0.2, 0) is 7.05 Å². The zero-order chi connectivity index (χ0) is 15.0. The van der Waals surface area contributed by atoms with E-state index in [0.29, 0.717) is 18.7 Å². The summed E-state index contributed by atoms with van der Waals surface area (Å²) < 4.78 is 8.42. The molecule has 0 N–H and O–H groups in total. The number of amides is 1. The summed E-state index contributed by atoms with van der Waals surface area (Å²) in [6.45, 7) is 3.14. The largest absolute Gasteiger partial charge is 0.485 e. The number of carbonyl (C=O) groups excluding carboxylic acids is 1. The van der Waals surface area contributed by atoms with Crippen molar-refractivity contribution in [2.45, 2.75) is 13.0 Å². The monoisotopic (exact) mass is 350 g/mol. The Balaban J connectivity index is 1.59. The highest BCUT2D eigenvalue weighted by molar-refractivity contribution is 9.10. The number of hydrogen-bond acceptors (Lipinski definition) is 4. The fourth-order valence-electron chi connectivity index (χ4n) is 2.17. The molecule has 0 atom stereocenters. The summed E-state index contributed by atoms with van der Waals surface area (Å²) in [5.74, 6) is 0.745. The lowest BCUT2D eigenvalue weighted by molar-refractivity contribution is 0.0174. The molecule has 1 aliphatic heterocycles. The highest BCUT2D eigenvalue weighted by Crippen LogP contribution is 2.27. The number of rotatable bonds is 3. The number of carbonyl (C=O) groups is 1. The molecule has 0 unspecified atom stereocenters. The van der Waals surface area contributed by atoms with Crippen molar-refractivity contribution in [3.8, 4) is 5.75 Å². The molecule has 3 rings (SSSR count). The standard InChI is InChI=1S/C14H15BrN4O2/c1-9-12(15)4-16-5-13(9)21-11-7-19(8-11)14(20)10-3-17-18(2)6-10/h3-6,11H,7-8H2,1-2H3. The number of nitrogens with zero attached hydrogens (tertiary/aromatic N) is 4.